The lowest BCUT2D eigenvalue weighted by Crippen LogP contribution is -2.42. The van der Waals surface area contributed by atoms with Crippen LogP contribution in [0, 0.1) is 0 Å². The summed E-state index contributed by atoms with van der Waals surface area (Å²) in [6.45, 7) is 6.72. The summed E-state index contributed by atoms with van der Waals surface area (Å²) in [4.78, 5) is 27.7. The molecule has 0 aromatic heterocycles. The number of fused-ring (bicyclic) bond motifs is 1. The van der Waals surface area contributed by atoms with Crippen molar-refractivity contribution in [2.24, 2.45) is 0 Å². The monoisotopic (exact) mass is 396 g/mol. The highest BCUT2D eigenvalue weighted by Crippen LogP contribution is 2.36. The maximum absolute atomic E-state index is 13.1. The molecule has 6 nitrogen and oxygen atoms in total. The van der Waals surface area contributed by atoms with E-state index in [2.05, 4.69) is 5.32 Å². The first-order valence-electron chi connectivity index (χ1n) is 10.00. The zero-order chi connectivity index (χ0) is 21.0. The predicted octanol–water partition coefficient (Wildman–Crippen LogP) is 3.71. The van der Waals surface area contributed by atoms with Gasteiger partial charge in [0.1, 0.15) is 6.04 Å². The lowest BCUT2D eigenvalue weighted by molar-refractivity contribution is -0.126. The van der Waals surface area contributed by atoms with E-state index in [0.717, 1.165) is 17.5 Å². The molecule has 1 N–H and O–H groups in total. The number of carbonyl (C=O) groups excluding carboxylic acids is 2. The smallest absolute Gasteiger partial charge is 0.255 e. The van der Waals surface area contributed by atoms with Gasteiger partial charge >= 0.3 is 0 Å². The highest BCUT2D eigenvalue weighted by Gasteiger charge is 2.41. The van der Waals surface area contributed by atoms with Crippen molar-refractivity contribution in [2.45, 2.75) is 45.8 Å². The summed E-state index contributed by atoms with van der Waals surface area (Å²) in [6, 6.07) is 12.3. The zero-order valence-corrected chi connectivity index (χ0v) is 17.4. The molecule has 1 heterocycles. The molecule has 0 radical (unpaired) electrons. The number of hydrogen-bond donors (Lipinski definition) is 1. The second-order valence-electron chi connectivity index (χ2n) is 7.16. The molecule has 0 saturated carbocycles. The lowest BCUT2D eigenvalue weighted by Gasteiger charge is -2.26. The number of rotatable bonds is 8. The van der Waals surface area contributed by atoms with Crippen molar-refractivity contribution in [2.75, 3.05) is 13.7 Å². The van der Waals surface area contributed by atoms with Crippen molar-refractivity contribution in [3.8, 4) is 11.5 Å². The van der Waals surface area contributed by atoms with E-state index in [9.17, 15) is 9.59 Å². The standard InChI is InChI=1S/C23H28N2O4/c1-5-15(3)24-22(26)21-17-9-7-8-10-18(17)23(27)25(21)14-16-11-12-19(29-6-2)20(13-16)28-4/h7-13,15,21H,5-6,14H2,1-4H3,(H,24,26)/t15-,21-/m1/s1. The molecule has 1 aliphatic heterocycles. The Kier molecular flexibility index (Phi) is 6.42. The molecule has 0 aliphatic carbocycles. The Labute approximate surface area is 171 Å². The Bertz CT molecular complexity index is 896. The molecule has 2 aromatic carbocycles. The van der Waals surface area contributed by atoms with Crippen molar-refractivity contribution in [1.29, 1.82) is 0 Å². The first-order valence-corrected chi connectivity index (χ1v) is 10.00. The van der Waals surface area contributed by atoms with Gasteiger partial charge < -0.3 is 19.7 Å². The van der Waals surface area contributed by atoms with Crippen LogP contribution in [0.3, 0.4) is 0 Å². The van der Waals surface area contributed by atoms with E-state index in [-0.39, 0.29) is 17.9 Å². The SMILES string of the molecule is CCOc1ccc(CN2C(=O)c3ccccc3[C@@H]2C(=O)N[C@H](C)CC)cc1OC. The van der Waals surface area contributed by atoms with E-state index < -0.39 is 6.04 Å². The number of amides is 2. The second-order valence-corrected chi connectivity index (χ2v) is 7.16. The van der Waals surface area contributed by atoms with Gasteiger partial charge in [-0.05, 0) is 49.6 Å². The van der Waals surface area contributed by atoms with Crippen molar-refractivity contribution in [3.05, 3.63) is 59.2 Å². The molecule has 2 amide bonds. The molecule has 6 heteroatoms. The highest BCUT2D eigenvalue weighted by atomic mass is 16.5. The van der Waals surface area contributed by atoms with Gasteiger partial charge in [-0.15, -0.1) is 0 Å². The quantitative estimate of drug-likeness (QED) is 0.739. The van der Waals surface area contributed by atoms with E-state index in [1.54, 1.807) is 18.1 Å². The molecular weight excluding hydrogens is 368 g/mol. The summed E-state index contributed by atoms with van der Waals surface area (Å²) in [5, 5.41) is 3.02. The molecular formula is C23H28N2O4. The van der Waals surface area contributed by atoms with Crippen LogP contribution < -0.4 is 14.8 Å². The molecule has 0 bridgehead atoms. The fourth-order valence-corrected chi connectivity index (χ4v) is 3.52. The van der Waals surface area contributed by atoms with Gasteiger partial charge in [0, 0.05) is 18.2 Å². The molecule has 2 atom stereocenters. The van der Waals surface area contributed by atoms with E-state index in [0.29, 0.717) is 30.2 Å². The molecule has 3 rings (SSSR count). The summed E-state index contributed by atoms with van der Waals surface area (Å²) in [5.41, 5.74) is 2.19. The van der Waals surface area contributed by atoms with Crippen LogP contribution in [0.5, 0.6) is 11.5 Å². The Hall–Kier alpha value is -3.02. The van der Waals surface area contributed by atoms with Gasteiger partial charge in [0.25, 0.3) is 5.91 Å². The normalized spacial score (nSPS) is 16.3. The zero-order valence-electron chi connectivity index (χ0n) is 17.4. The largest absolute Gasteiger partial charge is 0.493 e. The first-order chi connectivity index (χ1) is 14.0. The fraction of sp³-hybridized carbons (Fsp3) is 0.391. The molecule has 0 unspecified atom stereocenters. The first kappa shape index (κ1) is 20.7. The van der Waals surface area contributed by atoms with Gasteiger partial charge in [0.2, 0.25) is 5.91 Å². The highest BCUT2D eigenvalue weighted by molar-refractivity contribution is 6.04. The number of nitrogens with one attached hydrogen (secondary N) is 1. The minimum absolute atomic E-state index is 0.0396. The summed E-state index contributed by atoms with van der Waals surface area (Å²) >= 11 is 0. The van der Waals surface area contributed by atoms with Crippen LogP contribution in [0.4, 0.5) is 0 Å². The number of carbonyl (C=O) groups is 2. The van der Waals surface area contributed by atoms with Gasteiger partial charge in [-0.1, -0.05) is 31.2 Å². The van der Waals surface area contributed by atoms with Crippen molar-refractivity contribution in [1.82, 2.24) is 10.2 Å². The topological polar surface area (TPSA) is 67.9 Å². The Morgan fingerprint density at radius 1 is 1.17 bits per heavy atom. The average Bonchev–Trinajstić information content (AvgIpc) is 3.01. The third-order valence-electron chi connectivity index (χ3n) is 5.19. The number of benzene rings is 2. The predicted molar refractivity (Wildman–Crippen MR) is 111 cm³/mol. The van der Waals surface area contributed by atoms with Gasteiger partial charge in [-0.25, -0.2) is 0 Å². The van der Waals surface area contributed by atoms with Gasteiger partial charge in [-0.2, -0.15) is 0 Å². The van der Waals surface area contributed by atoms with E-state index >= 15 is 0 Å². The second kappa shape index (κ2) is 8.99. The van der Waals surface area contributed by atoms with Crippen LogP contribution in [-0.2, 0) is 11.3 Å². The number of nitrogens with zero attached hydrogens (tertiary/aromatic N) is 1. The van der Waals surface area contributed by atoms with Crippen molar-refractivity contribution < 1.29 is 19.1 Å². The molecule has 29 heavy (non-hydrogen) atoms. The molecule has 2 aromatic rings. The summed E-state index contributed by atoms with van der Waals surface area (Å²) < 4.78 is 11.0. The van der Waals surface area contributed by atoms with Crippen molar-refractivity contribution in [3.63, 3.8) is 0 Å². The Morgan fingerprint density at radius 2 is 1.93 bits per heavy atom. The van der Waals surface area contributed by atoms with E-state index in [1.165, 1.54) is 0 Å². The van der Waals surface area contributed by atoms with Crippen LogP contribution in [-0.4, -0.2) is 36.5 Å². The molecule has 0 spiro atoms. The van der Waals surface area contributed by atoms with E-state index in [4.69, 9.17) is 9.47 Å². The lowest BCUT2D eigenvalue weighted by atomic mass is 10.0. The maximum atomic E-state index is 13.1. The average molecular weight is 396 g/mol. The Balaban J connectivity index is 1.92. The molecule has 1 aliphatic rings. The minimum Gasteiger partial charge on any atom is -0.493 e. The molecule has 0 saturated heterocycles. The van der Waals surface area contributed by atoms with Crippen LogP contribution in [0.1, 0.15) is 54.7 Å². The summed E-state index contributed by atoms with van der Waals surface area (Å²) in [6.07, 6.45) is 0.824. The molecule has 154 valence electrons. The van der Waals surface area contributed by atoms with Crippen LogP contribution >= 0.6 is 0 Å². The fourth-order valence-electron chi connectivity index (χ4n) is 3.52. The van der Waals surface area contributed by atoms with Crippen LogP contribution in [0.25, 0.3) is 0 Å². The van der Waals surface area contributed by atoms with Crippen LogP contribution in [0.15, 0.2) is 42.5 Å². The minimum atomic E-state index is -0.648. The number of ether oxygens (including phenoxy) is 2. The van der Waals surface area contributed by atoms with E-state index in [1.807, 2.05) is 57.2 Å². The third kappa shape index (κ3) is 4.21. The van der Waals surface area contributed by atoms with Crippen molar-refractivity contribution >= 4 is 11.8 Å². The Morgan fingerprint density at radius 3 is 2.62 bits per heavy atom. The number of methoxy groups -OCH3 is 1. The summed E-state index contributed by atoms with van der Waals surface area (Å²) in [5.74, 6) is 0.961. The van der Waals surface area contributed by atoms with Gasteiger partial charge in [-0.3, -0.25) is 9.59 Å². The third-order valence-corrected chi connectivity index (χ3v) is 5.19. The van der Waals surface area contributed by atoms with Gasteiger partial charge in [0.05, 0.1) is 13.7 Å². The maximum Gasteiger partial charge on any atom is 0.255 e. The summed E-state index contributed by atoms with van der Waals surface area (Å²) in [7, 11) is 1.58. The number of hydrogen-bond acceptors (Lipinski definition) is 4. The van der Waals surface area contributed by atoms with Gasteiger partial charge in [0.15, 0.2) is 11.5 Å². The van der Waals surface area contributed by atoms with Crippen LogP contribution in [0.2, 0.25) is 0 Å². The molecule has 0 fully saturated rings.